The Morgan fingerprint density at radius 1 is 0.871 bits per heavy atom. The first-order valence-electron chi connectivity index (χ1n) is 12.2. The van der Waals surface area contributed by atoms with Gasteiger partial charge in [0.25, 0.3) is 0 Å². The van der Waals surface area contributed by atoms with Crippen molar-refractivity contribution in [3.8, 4) is 0 Å². The van der Waals surface area contributed by atoms with E-state index < -0.39 is 0 Å². The molecule has 0 saturated carbocycles. The lowest BCUT2D eigenvalue weighted by Crippen LogP contribution is -2.39. The number of ether oxygens (including phenoxy) is 1. The van der Waals surface area contributed by atoms with Crippen LogP contribution in [0.5, 0.6) is 0 Å². The second-order valence-electron chi connectivity index (χ2n) is 9.47. The number of amides is 2. The van der Waals surface area contributed by atoms with Crippen LogP contribution in [0.25, 0.3) is 0 Å². The van der Waals surface area contributed by atoms with Gasteiger partial charge in [-0.25, -0.2) is 0 Å². The third-order valence-corrected chi connectivity index (χ3v) is 4.94. The van der Waals surface area contributed by atoms with Crippen molar-refractivity contribution in [2.45, 2.75) is 117 Å². The lowest BCUT2D eigenvalue weighted by atomic mass is 10.0. The smallest absolute Gasteiger partial charge is 0.221 e. The SMILES string of the molecule is CC(C)NC(=O)CCCCC(CC(=O)NCCCCC(CO)COC(C)C)NC(C)C. The van der Waals surface area contributed by atoms with Crippen molar-refractivity contribution in [2.75, 3.05) is 19.8 Å². The van der Waals surface area contributed by atoms with Crippen molar-refractivity contribution in [3.05, 3.63) is 0 Å². The number of hydrogen-bond donors (Lipinski definition) is 4. The Morgan fingerprint density at radius 3 is 2.13 bits per heavy atom. The summed E-state index contributed by atoms with van der Waals surface area (Å²) in [6, 6.07) is 0.611. The fraction of sp³-hybridized carbons (Fsp3) is 0.917. The Balaban J connectivity index is 4.08. The summed E-state index contributed by atoms with van der Waals surface area (Å²) in [5.41, 5.74) is 0. The minimum Gasteiger partial charge on any atom is -0.396 e. The van der Waals surface area contributed by atoms with Crippen LogP contribution in [0, 0.1) is 5.92 Å². The molecule has 0 aliphatic carbocycles. The van der Waals surface area contributed by atoms with Crippen LogP contribution in [0.3, 0.4) is 0 Å². The summed E-state index contributed by atoms with van der Waals surface area (Å²) >= 11 is 0. The minimum atomic E-state index is 0.0672. The van der Waals surface area contributed by atoms with Crippen molar-refractivity contribution < 1.29 is 19.4 Å². The predicted molar refractivity (Wildman–Crippen MR) is 127 cm³/mol. The van der Waals surface area contributed by atoms with Gasteiger partial charge in [0.15, 0.2) is 0 Å². The summed E-state index contributed by atoms with van der Waals surface area (Å²) < 4.78 is 5.58. The van der Waals surface area contributed by atoms with E-state index in [-0.39, 0.29) is 42.5 Å². The van der Waals surface area contributed by atoms with E-state index in [9.17, 15) is 14.7 Å². The normalized spacial score (nSPS) is 13.6. The first-order valence-corrected chi connectivity index (χ1v) is 12.2. The molecule has 0 aromatic carbocycles. The zero-order chi connectivity index (χ0) is 23.6. The Hall–Kier alpha value is -1.18. The van der Waals surface area contributed by atoms with Crippen LogP contribution < -0.4 is 16.0 Å². The van der Waals surface area contributed by atoms with Crippen LogP contribution in [0.4, 0.5) is 0 Å². The second-order valence-corrected chi connectivity index (χ2v) is 9.47. The molecule has 0 radical (unpaired) electrons. The van der Waals surface area contributed by atoms with Gasteiger partial charge in [0, 0.05) is 50.0 Å². The topological polar surface area (TPSA) is 99.7 Å². The highest BCUT2D eigenvalue weighted by atomic mass is 16.5. The Kier molecular flexibility index (Phi) is 17.7. The molecular weight excluding hydrogens is 394 g/mol. The number of rotatable bonds is 19. The number of carbonyl (C=O) groups excluding carboxylic acids is 2. The molecule has 0 spiro atoms. The maximum absolute atomic E-state index is 12.4. The molecule has 0 fully saturated rings. The largest absolute Gasteiger partial charge is 0.396 e. The quantitative estimate of drug-likeness (QED) is 0.230. The molecule has 2 atom stereocenters. The molecule has 0 aliphatic heterocycles. The first kappa shape index (κ1) is 29.8. The molecule has 7 nitrogen and oxygen atoms in total. The standard InChI is InChI=1S/C24H49N3O4/c1-18(2)26-22(12-7-8-13-23(29)27-19(3)4)15-24(30)25-14-10-9-11-21(16-28)17-31-20(5)6/h18-22,26,28H,7-17H2,1-6H3,(H,25,30)(H,27,29). The van der Waals surface area contributed by atoms with Crippen molar-refractivity contribution in [1.82, 2.24) is 16.0 Å². The molecule has 0 heterocycles. The summed E-state index contributed by atoms with van der Waals surface area (Å²) in [5.74, 6) is 0.332. The van der Waals surface area contributed by atoms with Crippen molar-refractivity contribution >= 4 is 11.8 Å². The van der Waals surface area contributed by atoms with Crippen molar-refractivity contribution in [2.24, 2.45) is 5.92 Å². The van der Waals surface area contributed by atoms with Crippen LogP contribution in [-0.2, 0) is 14.3 Å². The van der Waals surface area contributed by atoms with Gasteiger partial charge < -0.3 is 25.8 Å². The van der Waals surface area contributed by atoms with Crippen molar-refractivity contribution in [1.29, 1.82) is 0 Å². The number of nitrogens with one attached hydrogen (secondary N) is 3. The average molecular weight is 444 g/mol. The van der Waals surface area contributed by atoms with Gasteiger partial charge >= 0.3 is 0 Å². The maximum atomic E-state index is 12.4. The van der Waals surface area contributed by atoms with Crippen LogP contribution in [0.1, 0.15) is 92.9 Å². The van der Waals surface area contributed by atoms with E-state index in [2.05, 4.69) is 29.8 Å². The summed E-state index contributed by atoms with van der Waals surface area (Å²) in [6.07, 6.45) is 6.57. The zero-order valence-corrected chi connectivity index (χ0v) is 20.8. The van der Waals surface area contributed by atoms with Crippen LogP contribution in [-0.4, -0.2) is 60.9 Å². The number of carbonyl (C=O) groups is 2. The van der Waals surface area contributed by atoms with E-state index in [1.165, 1.54) is 0 Å². The number of hydrogen-bond acceptors (Lipinski definition) is 5. The van der Waals surface area contributed by atoms with E-state index in [1.54, 1.807) is 0 Å². The summed E-state index contributed by atoms with van der Waals surface area (Å²) in [7, 11) is 0. The molecule has 2 amide bonds. The summed E-state index contributed by atoms with van der Waals surface area (Å²) in [5, 5.41) is 18.8. The third kappa shape index (κ3) is 19.2. The van der Waals surface area contributed by atoms with Gasteiger partial charge in [-0.15, -0.1) is 0 Å². The summed E-state index contributed by atoms with van der Waals surface area (Å²) in [6.45, 7) is 13.5. The third-order valence-electron chi connectivity index (χ3n) is 4.94. The van der Waals surface area contributed by atoms with E-state index in [4.69, 9.17) is 4.74 Å². The van der Waals surface area contributed by atoms with Gasteiger partial charge in [0.05, 0.1) is 12.7 Å². The molecule has 2 unspecified atom stereocenters. The molecule has 0 aromatic heterocycles. The molecule has 7 heteroatoms. The maximum Gasteiger partial charge on any atom is 0.221 e. The van der Waals surface area contributed by atoms with Crippen LogP contribution >= 0.6 is 0 Å². The second kappa shape index (κ2) is 18.4. The molecule has 4 N–H and O–H groups in total. The van der Waals surface area contributed by atoms with Gasteiger partial charge in [-0.1, -0.05) is 26.7 Å². The van der Waals surface area contributed by atoms with E-state index >= 15 is 0 Å². The average Bonchev–Trinajstić information content (AvgIpc) is 2.66. The molecule has 184 valence electrons. The highest BCUT2D eigenvalue weighted by Crippen LogP contribution is 2.10. The van der Waals surface area contributed by atoms with E-state index in [0.717, 1.165) is 38.5 Å². The molecule has 0 aliphatic rings. The fourth-order valence-electron chi connectivity index (χ4n) is 3.42. The molecule has 0 aromatic rings. The van der Waals surface area contributed by atoms with Gasteiger partial charge in [-0.05, 0) is 53.4 Å². The van der Waals surface area contributed by atoms with Gasteiger partial charge in [0.2, 0.25) is 11.8 Å². The summed E-state index contributed by atoms with van der Waals surface area (Å²) in [4.78, 5) is 24.1. The van der Waals surface area contributed by atoms with Crippen LogP contribution in [0.15, 0.2) is 0 Å². The molecule has 0 rings (SSSR count). The van der Waals surface area contributed by atoms with Gasteiger partial charge in [-0.3, -0.25) is 9.59 Å². The lowest BCUT2D eigenvalue weighted by molar-refractivity contribution is -0.122. The Morgan fingerprint density at radius 2 is 1.55 bits per heavy atom. The fourth-order valence-corrected chi connectivity index (χ4v) is 3.42. The zero-order valence-electron chi connectivity index (χ0n) is 20.8. The highest BCUT2D eigenvalue weighted by Gasteiger charge is 2.15. The predicted octanol–water partition coefficient (Wildman–Crippen LogP) is 3.15. The molecular formula is C24H49N3O4. The van der Waals surface area contributed by atoms with Crippen LogP contribution in [0.2, 0.25) is 0 Å². The molecule has 0 saturated heterocycles. The van der Waals surface area contributed by atoms with E-state index in [0.29, 0.717) is 32.0 Å². The molecule has 0 bridgehead atoms. The highest BCUT2D eigenvalue weighted by molar-refractivity contribution is 5.76. The van der Waals surface area contributed by atoms with Gasteiger partial charge in [0.1, 0.15) is 0 Å². The first-order chi connectivity index (χ1) is 14.6. The number of unbranched alkanes of at least 4 members (excludes halogenated alkanes) is 2. The minimum absolute atomic E-state index is 0.0672. The monoisotopic (exact) mass is 443 g/mol. The van der Waals surface area contributed by atoms with Gasteiger partial charge in [-0.2, -0.15) is 0 Å². The molecule has 31 heavy (non-hydrogen) atoms. The number of aliphatic hydroxyl groups excluding tert-OH is 1. The van der Waals surface area contributed by atoms with Crippen molar-refractivity contribution in [3.63, 3.8) is 0 Å². The van der Waals surface area contributed by atoms with E-state index in [1.807, 2.05) is 27.7 Å². The number of aliphatic hydroxyl groups is 1. The Bertz CT molecular complexity index is 470. The Labute approximate surface area is 190 Å². The lowest BCUT2D eigenvalue weighted by Gasteiger charge is -2.21.